The first-order valence-corrected chi connectivity index (χ1v) is 9.46. The molecule has 0 fully saturated rings. The van der Waals surface area contributed by atoms with Gasteiger partial charge in [-0.05, 0) is 54.1 Å². The first kappa shape index (κ1) is 20.0. The summed E-state index contributed by atoms with van der Waals surface area (Å²) in [6.45, 7) is -0.182. The highest BCUT2D eigenvalue weighted by Gasteiger charge is 2.11. The fourth-order valence-electron chi connectivity index (χ4n) is 3.10. The van der Waals surface area contributed by atoms with Crippen LogP contribution < -0.4 is 20.4 Å². The highest BCUT2D eigenvalue weighted by Crippen LogP contribution is 2.28. The standard InChI is InChI=1S/C24H19NO6/c1-29-21-4-2-3-16-13-20(24(28)31-23(16)21)15-5-11-19(12-6-15)30-14-22(27)25-17-7-9-18(26)10-8-17/h2-13,26H,14H2,1H3,(H,25,27). The molecule has 0 saturated carbocycles. The van der Waals surface area contributed by atoms with Crippen molar-refractivity contribution in [3.8, 4) is 28.4 Å². The largest absolute Gasteiger partial charge is 0.508 e. The van der Waals surface area contributed by atoms with Crippen LogP contribution in [0.15, 0.2) is 82.0 Å². The molecular weight excluding hydrogens is 398 g/mol. The summed E-state index contributed by atoms with van der Waals surface area (Å²) in [5.74, 6) is 0.764. The van der Waals surface area contributed by atoms with E-state index in [9.17, 15) is 14.7 Å². The minimum Gasteiger partial charge on any atom is -0.508 e. The van der Waals surface area contributed by atoms with Gasteiger partial charge in [0.1, 0.15) is 11.5 Å². The predicted molar refractivity (Wildman–Crippen MR) is 117 cm³/mol. The maximum absolute atomic E-state index is 12.5. The number of ether oxygens (including phenoxy) is 2. The minimum absolute atomic E-state index is 0.119. The summed E-state index contributed by atoms with van der Waals surface area (Å²) in [4.78, 5) is 24.5. The van der Waals surface area contributed by atoms with E-state index in [0.717, 1.165) is 5.39 Å². The lowest BCUT2D eigenvalue weighted by atomic mass is 10.1. The summed E-state index contributed by atoms with van der Waals surface area (Å²) in [6.07, 6.45) is 0. The summed E-state index contributed by atoms with van der Waals surface area (Å²) < 4.78 is 16.2. The Labute approximate surface area is 177 Å². The van der Waals surface area contributed by atoms with Crippen molar-refractivity contribution in [2.75, 3.05) is 19.0 Å². The second-order valence-corrected chi connectivity index (χ2v) is 6.73. The maximum Gasteiger partial charge on any atom is 0.344 e. The number of amides is 1. The Morgan fingerprint density at radius 3 is 2.48 bits per heavy atom. The van der Waals surface area contributed by atoms with Gasteiger partial charge in [-0.2, -0.15) is 0 Å². The van der Waals surface area contributed by atoms with Gasteiger partial charge >= 0.3 is 5.63 Å². The number of phenolic OH excluding ortho intramolecular Hbond substituents is 1. The Hall–Kier alpha value is -4.26. The maximum atomic E-state index is 12.5. The molecule has 2 N–H and O–H groups in total. The molecule has 156 valence electrons. The van der Waals surface area contributed by atoms with Crippen molar-refractivity contribution in [2.45, 2.75) is 0 Å². The molecule has 0 aliphatic heterocycles. The lowest BCUT2D eigenvalue weighted by molar-refractivity contribution is -0.118. The van der Waals surface area contributed by atoms with E-state index in [4.69, 9.17) is 13.9 Å². The summed E-state index contributed by atoms with van der Waals surface area (Å²) >= 11 is 0. The molecule has 7 heteroatoms. The number of benzene rings is 3. The first-order chi connectivity index (χ1) is 15.0. The molecule has 1 heterocycles. The predicted octanol–water partition coefficient (Wildman–Crippen LogP) is 4.19. The van der Waals surface area contributed by atoms with Gasteiger partial charge in [-0.1, -0.05) is 24.3 Å². The van der Waals surface area contributed by atoms with Crippen LogP contribution >= 0.6 is 0 Å². The number of rotatable bonds is 6. The monoisotopic (exact) mass is 417 g/mol. The third-order valence-corrected chi connectivity index (χ3v) is 4.63. The molecule has 0 radical (unpaired) electrons. The SMILES string of the molecule is COc1cccc2cc(-c3ccc(OCC(=O)Nc4ccc(O)cc4)cc3)c(=O)oc12. The smallest absolute Gasteiger partial charge is 0.344 e. The van der Waals surface area contributed by atoms with Crippen molar-refractivity contribution in [1.82, 2.24) is 0 Å². The topological polar surface area (TPSA) is 98.0 Å². The number of aromatic hydroxyl groups is 1. The van der Waals surface area contributed by atoms with Crippen LogP contribution in [0.1, 0.15) is 0 Å². The van der Waals surface area contributed by atoms with Crippen LogP contribution in [0, 0.1) is 0 Å². The number of hydrogen-bond acceptors (Lipinski definition) is 6. The first-order valence-electron chi connectivity index (χ1n) is 9.46. The molecule has 0 atom stereocenters. The Kier molecular flexibility index (Phi) is 5.57. The summed E-state index contributed by atoms with van der Waals surface area (Å²) in [5, 5.41) is 12.7. The highest BCUT2D eigenvalue weighted by molar-refractivity contribution is 5.92. The van der Waals surface area contributed by atoms with Crippen molar-refractivity contribution < 1.29 is 23.8 Å². The molecule has 0 spiro atoms. The third-order valence-electron chi connectivity index (χ3n) is 4.63. The zero-order valence-electron chi connectivity index (χ0n) is 16.6. The molecule has 3 aromatic carbocycles. The molecule has 0 aliphatic carbocycles. The molecule has 7 nitrogen and oxygen atoms in total. The number of hydrogen-bond donors (Lipinski definition) is 2. The van der Waals surface area contributed by atoms with E-state index in [1.807, 2.05) is 12.1 Å². The van der Waals surface area contributed by atoms with Gasteiger partial charge in [-0.3, -0.25) is 4.79 Å². The van der Waals surface area contributed by atoms with Gasteiger partial charge in [-0.25, -0.2) is 4.79 Å². The summed E-state index contributed by atoms with van der Waals surface area (Å²) in [5.41, 5.74) is 1.57. The van der Waals surface area contributed by atoms with Crippen LogP contribution in [-0.2, 0) is 4.79 Å². The average molecular weight is 417 g/mol. The van der Waals surface area contributed by atoms with Gasteiger partial charge in [-0.15, -0.1) is 0 Å². The molecule has 1 amide bonds. The number of methoxy groups -OCH3 is 1. The van der Waals surface area contributed by atoms with Crippen LogP contribution in [0.4, 0.5) is 5.69 Å². The molecular formula is C24H19NO6. The van der Waals surface area contributed by atoms with Crippen LogP contribution in [-0.4, -0.2) is 24.7 Å². The zero-order chi connectivity index (χ0) is 21.8. The Morgan fingerprint density at radius 1 is 1.03 bits per heavy atom. The molecule has 0 bridgehead atoms. The van der Waals surface area contributed by atoms with Crippen LogP contribution in [0.3, 0.4) is 0 Å². The van der Waals surface area contributed by atoms with Crippen LogP contribution in [0.25, 0.3) is 22.1 Å². The second kappa shape index (κ2) is 8.62. The Balaban J connectivity index is 1.45. The number of para-hydroxylation sites is 1. The van der Waals surface area contributed by atoms with Gasteiger partial charge in [0.15, 0.2) is 17.9 Å². The number of carbonyl (C=O) groups is 1. The van der Waals surface area contributed by atoms with E-state index in [-0.39, 0.29) is 18.3 Å². The van der Waals surface area contributed by atoms with Crippen molar-refractivity contribution >= 4 is 22.6 Å². The molecule has 0 saturated heterocycles. The van der Waals surface area contributed by atoms with Crippen molar-refractivity contribution in [3.05, 3.63) is 83.2 Å². The average Bonchev–Trinajstić information content (AvgIpc) is 2.79. The minimum atomic E-state index is -0.473. The fourth-order valence-corrected chi connectivity index (χ4v) is 3.10. The third kappa shape index (κ3) is 4.51. The number of anilines is 1. The molecule has 4 rings (SSSR count). The summed E-state index contributed by atoms with van der Waals surface area (Å²) in [7, 11) is 1.52. The molecule has 31 heavy (non-hydrogen) atoms. The number of nitrogens with one attached hydrogen (secondary N) is 1. The van der Waals surface area contributed by atoms with E-state index >= 15 is 0 Å². The zero-order valence-corrected chi connectivity index (χ0v) is 16.6. The van der Waals surface area contributed by atoms with E-state index in [1.54, 1.807) is 48.5 Å². The Morgan fingerprint density at radius 2 is 1.77 bits per heavy atom. The van der Waals surface area contributed by atoms with E-state index in [1.165, 1.54) is 19.2 Å². The molecule has 4 aromatic rings. The van der Waals surface area contributed by atoms with Gasteiger partial charge in [0.25, 0.3) is 5.91 Å². The van der Waals surface area contributed by atoms with Crippen LogP contribution in [0.2, 0.25) is 0 Å². The highest BCUT2D eigenvalue weighted by atomic mass is 16.5. The van der Waals surface area contributed by atoms with E-state index < -0.39 is 5.63 Å². The fraction of sp³-hybridized carbons (Fsp3) is 0.0833. The van der Waals surface area contributed by atoms with Crippen molar-refractivity contribution in [1.29, 1.82) is 0 Å². The van der Waals surface area contributed by atoms with E-state index in [2.05, 4.69) is 5.32 Å². The van der Waals surface area contributed by atoms with Crippen LogP contribution in [0.5, 0.6) is 17.2 Å². The molecule has 1 aromatic heterocycles. The lowest BCUT2D eigenvalue weighted by Gasteiger charge is -2.09. The van der Waals surface area contributed by atoms with Gasteiger partial charge in [0, 0.05) is 11.1 Å². The molecule has 0 unspecified atom stereocenters. The van der Waals surface area contributed by atoms with Crippen molar-refractivity contribution in [3.63, 3.8) is 0 Å². The van der Waals surface area contributed by atoms with E-state index in [0.29, 0.717) is 33.9 Å². The van der Waals surface area contributed by atoms with Gasteiger partial charge in [0.05, 0.1) is 12.7 Å². The second-order valence-electron chi connectivity index (χ2n) is 6.73. The van der Waals surface area contributed by atoms with Gasteiger partial charge in [0.2, 0.25) is 0 Å². The molecule has 0 aliphatic rings. The number of carbonyl (C=O) groups excluding carboxylic acids is 1. The van der Waals surface area contributed by atoms with Gasteiger partial charge < -0.3 is 24.3 Å². The quantitative estimate of drug-likeness (QED) is 0.361. The lowest BCUT2D eigenvalue weighted by Crippen LogP contribution is -2.20. The number of phenols is 1. The number of fused-ring (bicyclic) bond motifs is 1. The summed E-state index contributed by atoms with van der Waals surface area (Å²) in [6, 6.07) is 20.1. The normalized spacial score (nSPS) is 10.6. The Bertz CT molecular complexity index is 1280. The van der Waals surface area contributed by atoms with Crippen molar-refractivity contribution in [2.24, 2.45) is 0 Å².